The van der Waals surface area contributed by atoms with Gasteiger partial charge in [-0.2, -0.15) is 0 Å². The van der Waals surface area contributed by atoms with Gasteiger partial charge < -0.3 is 13.9 Å². The Morgan fingerprint density at radius 1 is 1.12 bits per heavy atom. The van der Waals surface area contributed by atoms with Crippen LogP contribution in [-0.4, -0.2) is 13.1 Å². The molecule has 0 atom stereocenters. The first-order valence-electron chi connectivity index (χ1n) is 8.54. The molecule has 0 saturated heterocycles. The maximum absolute atomic E-state index is 12.4. The molecule has 1 heterocycles. The van der Waals surface area contributed by atoms with Crippen molar-refractivity contribution in [3.8, 4) is 5.75 Å². The Labute approximate surface area is 150 Å². The summed E-state index contributed by atoms with van der Waals surface area (Å²) < 4.78 is 16.0. The summed E-state index contributed by atoms with van der Waals surface area (Å²) in [6.07, 6.45) is 3.13. The standard InChI is InChI=1S/C21H18O5/c1-24-18-8-3-2-7-16(18)21(23)25-12-15-11-20(22)26-19-10-14-6-4-5-13(14)9-17(15)19/h2-3,7-11H,4-6,12H2,1H3. The molecule has 5 heteroatoms. The highest BCUT2D eigenvalue weighted by molar-refractivity contribution is 5.92. The van der Waals surface area contributed by atoms with Crippen LogP contribution in [0.25, 0.3) is 11.0 Å². The molecule has 0 radical (unpaired) electrons. The zero-order chi connectivity index (χ0) is 18.1. The van der Waals surface area contributed by atoms with Gasteiger partial charge in [0.1, 0.15) is 23.5 Å². The Hall–Kier alpha value is -3.08. The van der Waals surface area contributed by atoms with Crippen molar-refractivity contribution in [3.63, 3.8) is 0 Å². The molecule has 1 aromatic heterocycles. The van der Waals surface area contributed by atoms with Gasteiger partial charge >= 0.3 is 11.6 Å². The molecule has 132 valence electrons. The fourth-order valence-electron chi connectivity index (χ4n) is 3.45. The average Bonchev–Trinajstić information content (AvgIpc) is 3.11. The van der Waals surface area contributed by atoms with Crippen LogP contribution in [0, 0.1) is 0 Å². The van der Waals surface area contributed by atoms with Gasteiger partial charge in [0.15, 0.2) is 0 Å². The van der Waals surface area contributed by atoms with Crippen LogP contribution in [0.5, 0.6) is 5.75 Å². The number of aryl methyl sites for hydroxylation is 2. The fourth-order valence-corrected chi connectivity index (χ4v) is 3.45. The van der Waals surface area contributed by atoms with Crippen molar-refractivity contribution in [1.29, 1.82) is 0 Å². The number of ether oxygens (including phenoxy) is 2. The van der Waals surface area contributed by atoms with E-state index < -0.39 is 11.6 Å². The molecule has 5 nitrogen and oxygen atoms in total. The van der Waals surface area contributed by atoms with E-state index in [1.165, 1.54) is 24.3 Å². The van der Waals surface area contributed by atoms with E-state index in [0.29, 0.717) is 22.5 Å². The monoisotopic (exact) mass is 350 g/mol. The van der Waals surface area contributed by atoms with E-state index in [9.17, 15) is 9.59 Å². The molecular formula is C21H18O5. The number of hydrogen-bond acceptors (Lipinski definition) is 5. The van der Waals surface area contributed by atoms with Crippen LogP contribution in [0.3, 0.4) is 0 Å². The van der Waals surface area contributed by atoms with Gasteiger partial charge in [0.2, 0.25) is 0 Å². The summed E-state index contributed by atoms with van der Waals surface area (Å²) in [4.78, 5) is 24.3. The Morgan fingerprint density at radius 2 is 1.88 bits per heavy atom. The summed E-state index contributed by atoms with van der Waals surface area (Å²) in [7, 11) is 1.50. The lowest BCUT2D eigenvalue weighted by Gasteiger charge is -2.10. The summed E-state index contributed by atoms with van der Waals surface area (Å²) in [5, 5.41) is 0.818. The SMILES string of the molecule is COc1ccccc1C(=O)OCc1cc(=O)oc2cc3c(cc12)CCC3. The molecule has 0 saturated carbocycles. The number of benzene rings is 2. The number of rotatable bonds is 4. The van der Waals surface area contributed by atoms with Crippen molar-refractivity contribution in [3.05, 3.63) is 75.1 Å². The molecule has 3 aromatic rings. The van der Waals surface area contributed by atoms with Gasteiger partial charge in [-0.05, 0) is 54.7 Å². The molecule has 0 spiro atoms. The molecule has 0 fully saturated rings. The second kappa shape index (κ2) is 6.67. The van der Waals surface area contributed by atoms with E-state index in [1.807, 2.05) is 12.1 Å². The highest BCUT2D eigenvalue weighted by atomic mass is 16.5. The van der Waals surface area contributed by atoms with Crippen molar-refractivity contribution < 1.29 is 18.7 Å². The van der Waals surface area contributed by atoms with Crippen LogP contribution in [0.2, 0.25) is 0 Å². The first-order valence-corrected chi connectivity index (χ1v) is 8.54. The summed E-state index contributed by atoms with van der Waals surface area (Å²) >= 11 is 0. The van der Waals surface area contributed by atoms with Crippen molar-refractivity contribution in [2.24, 2.45) is 0 Å². The molecule has 0 unspecified atom stereocenters. The minimum atomic E-state index is -0.495. The number of carbonyl (C=O) groups is 1. The van der Waals surface area contributed by atoms with Gasteiger partial charge in [-0.1, -0.05) is 12.1 Å². The normalized spacial score (nSPS) is 12.8. The van der Waals surface area contributed by atoms with Crippen LogP contribution in [-0.2, 0) is 24.2 Å². The summed E-state index contributed by atoms with van der Waals surface area (Å²) in [6, 6.07) is 12.2. The maximum Gasteiger partial charge on any atom is 0.342 e. The minimum Gasteiger partial charge on any atom is -0.496 e. The number of para-hydroxylation sites is 1. The Kier molecular flexibility index (Phi) is 4.21. The lowest BCUT2D eigenvalue weighted by atomic mass is 10.0. The number of carbonyl (C=O) groups excluding carboxylic acids is 1. The zero-order valence-electron chi connectivity index (χ0n) is 14.4. The molecule has 0 amide bonds. The van der Waals surface area contributed by atoms with E-state index in [1.54, 1.807) is 24.3 Å². The third kappa shape index (κ3) is 2.96. The Bertz CT molecular complexity index is 1050. The first-order chi connectivity index (χ1) is 12.7. The molecule has 0 aliphatic heterocycles. The quantitative estimate of drug-likeness (QED) is 0.531. The summed E-state index contributed by atoms with van der Waals surface area (Å²) in [5.41, 5.74) is 3.59. The summed E-state index contributed by atoms with van der Waals surface area (Å²) in [6.45, 7) is -0.00221. The van der Waals surface area contributed by atoms with Gasteiger partial charge in [-0.3, -0.25) is 0 Å². The number of fused-ring (bicyclic) bond motifs is 2. The second-order valence-electron chi connectivity index (χ2n) is 6.34. The first kappa shape index (κ1) is 16.4. The van der Waals surface area contributed by atoms with Crippen LogP contribution in [0.1, 0.15) is 33.5 Å². The Balaban J connectivity index is 1.65. The van der Waals surface area contributed by atoms with Crippen molar-refractivity contribution in [1.82, 2.24) is 0 Å². The van der Waals surface area contributed by atoms with E-state index in [2.05, 4.69) is 0 Å². The Morgan fingerprint density at radius 3 is 2.69 bits per heavy atom. The van der Waals surface area contributed by atoms with E-state index >= 15 is 0 Å². The minimum absolute atomic E-state index is 0.00221. The average molecular weight is 350 g/mol. The van der Waals surface area contributed by atoms with Crippen molar-refractivity contribution in [2.45, 2.75) is 25.9 Å². The van der Waals surface area contributed by atoms with Gasteiger partial charge in [0.25, 0.3) is 0 Å². The van der Waals surface area contributed by atoms with Crippen molar-refractivity contribution in [2.75, 3.05) is 7.11 Å². The lowest BCUT2D eigenvalue weighted by molar-refractivity contribution is 0.0470. The lowest BCUT2D eigenvalue weighted by Crippen LogP contribution is -2.09. The summed E-state index contributed by atoms with van der Waals surface area (Å²) in [5.74, 6) is -0.0437. The van der Waals surface area contributed by atoms with E-state index in [0.717, 1.165) is 24.6 Å². The molecular weight excluding hydrogens is 332 g/mol. The van der Waals surface area contributed by atoms with Gasteiger partial charge in [0, 0.05) is 17.0 Å². The number of hydrogen-bond donors (Lipinski definition) is 0. The third-order valence-electron chi connectivity index (χ3n) is 4.73. The predicted octanol–water partition coefficient (Wildman–Crippen LogP) is 3.65. The molecule has 2 aromatic carbocycles. The zero-order valence-corrected chi connectivity index (χ0v) is 14.4. The van der Waals surface area contributed by atoms with Gasteiger partial charge in [-0.25, -0.2) is 9.59 Å². The van der Waals surface area contributed by atoms with E-state index in [4.69, 9.17) is 13.9 Å². The van der Waals surface area contributed by atoms with Crippen LogP contribution >= 0.6 is 0 Å². The van der Waals surface area contributed by atoms with Crippen LogP contribution in [0.4, 0.5) is 0 Å². The predicted molar refractivity (Wildman–Crippen MR) is 96.6 cm³/mol. The highest BCUT2D eigenvalue weighted by Gasteiger charge is 2.17. The largest absolute Gasteiger partial charge is 0.496 e. The van der Waals surface area contributed by atoms with E-state index in [-0.39, 0.29) is 6.61 Å². The third-order valence-corrected chi connectivity index (χ3v) is 4.73. The highest BCUT2D eigenvalue weighted by Crippen LogP contribution is 2.29. The fraction of sp³-hybridized carbons (Fsp3) is 0.238. The smallest absolute Gasteiger partial charge is 0.342 e. The molecule has 26 heavy (non-hydrogen) atoms. The molecule has 0 N–H and O–H groups in total. The van der Waals surface area contributed by atoms with Gasteiger partial charge in [-0.15, -0.1) is 0 Å². The van der Waals surface area contributed by atoms with Crippen LogP contribution < -0.4 is 10.4 Å². The topological polar surface area (TPSA) is 65.7 Å². The molecule has 1 aliphatic rings. The molecule has 0 bridgehead atoms. The number of esters is 1. The second-order valence-corrected chi connectivity index (χ2v) is 6.34. The molecule has 1 aliphatic carbocycles. The molecule has 4 rings (SSSR count). The maximum atomic E-state index is 12.4. The van der Waals surface area contributed by atoms with Gasteiger partial charge in [0.05, 0.1) is 7.11 Å². The van der Waals surface area contributed by atoms with Crippen molar-refractivity contribution >= 4 is 16.9 Å². The number of methoxy groups -OCH3 is 1. The van der Waals surface area contributed by atoms with Crippen LogP contribution in [0.15, 0.2) is 51.7 Å².